The van der Waals surface area contributed by atoms with E-state index >= 15 is 0 Å². The smallest absolute Gasteiger partial charge is 0.326 e. The Balaban J connectivity index is 1.76. The average Bonchev–Trinajstić information content (AvgIpc) is 3.14. The molecule has 1 amide bonds. The first-order valence-electron chi connectivity index (χ1n) is 21.5. The first kappa shape index (κ1) is 46.0. The molecule has 0 aliphatic heterocycles. The Bertz CT molecular complexity index is 1160. The van der Waals surface area contributed by atoms with Crippen molar-refractivity contribution in [1.82, 2.24) is 5.32 Å². The molecule has 0 radical (unpaired) electrons. The van der Waals surface area contributed by atoms with Crippen LogP contribution in [0.1, 0.15) is 193 Å². The van der Waals surface area contributed by atoms with Gasteiger partial charge in [0, 0.05) is 6.42 Å². The Kier molecular flexibility index (Phi) is 26.2. The monoisotopic (exact) mass is 734 g/mol. The summed E-state index contributed by atoms with van der Waals surface area (Å²) < 4.78 is 11.8. The van der Waals surface area contributed by atoms with Gasteiger partial charge in [0.05, 0.1) is 6.42 Å². The highest BCUT2D eigenvalue weighted by Gasteiger charge is 2.22. The van der Waals surface area contributed by atoms with Crippen LogP contribution < -0.4 is 5.32 Å². The number of carbonyl (C=O) groups is 3. The zero-order chi connectivity index (χ0) is 38.4. The molecule has 1 atom stereocenters. The Morgan fingerprint density at radius 1 is 0.491 bits per heavy atom. The fourth-order valence-corrected chi connectivity index (χ4v) is 6.88. The molecule has 0 aliphatic rings. The molecule has 1 N–H and O–H groups in total. The van der Waals surface area contributed by atoms with Crippen LogP contribution in [0.15, 0.2) is 60.7 Å². The lowest BCUT2D eigenvalue weighted by Gasteiger charge is -2.20. The number of esters is 2. The van der Waals surface area contributed by atoms with Gasteiger partial charge in [0.2, 0.25) is 5.91 Å². The maximum atomic E-state index is 13.0. The van der Waals surface area contributed by atoms with Crippen molar-refractivity contribution in [3.63, 3.8) is 0 Å². The van der Waals surface area contributed by atoms with Crippen molar-refractivity contribution >= 4 is 17.8 Å². The zero-order valence-electron chi connectivity index (χ0n) is 34.1. The van der Waals surface area contributed by atoms with Gasteiger partial charge in [-0.25, -0.2) is 0 Å². The Labute approximate surface area is 324 Å². The number of rotatable bonds is 32. The number of benzene rings is 2. The van der Waals surface area contributed by atoms with Gasteiger partial charge >= 0.3 is 11.9 Å². The van der Waals surface area contributed by atoms with Gasteiger partial charge in [-0.2, -0.15) is 0 Å². The molecule has 1 unspecified atom stereocenters. The Hall–Kier alpha value is -3.15. The van der Waals surface area contributed by atoms with Crippen LogP contribution in [0.2, 0.25) is 0 Å². The number of amides is 1. The lowest BCUT2D eigenvalue weighted by atomic mass is 10.0. The number of hydrogen-bond donors (Lipinski definition) is 1. The minimum atomic E-state index is -0.569. The molecule has 0 aromatic heterocycles. The number of nitrogens with one attached hydrogen (secondary N) is 1. The molecule has 0 saturated heterocycles. The number of ether oxygens (including phenoxy) is 2. The van der Waals surface area contributed by atoms with Crippen molar-refractivity contribution in [3.05, 3.63) is 71.8 Å². The van der Waals surface area contributed by atoms with Crippen molar-refractivity contribution in [2.45, 2.75) is 188 Å². The molecule has 2 aromatic rings. The van der Waals surface area contributed by atoms with Gasteiger partial charge in [-0.05, 0) is 42.2 Å². The van der Waals surface area contributed by atoms with Crippen molar-refractivity contribution in [3.8, 4) is 0 Å². The lowest BCUT2D eigenvalue weighted by Crippen LogP contribution is -2.34. The third-order valence-electron chi connectivity index (χ3n) is 10.1. The summed E-state index contributed by atoms with van der Waals surface area (Å²) in [5, 5.41) is 2.73. The summed E-state index contributed by atoms with van der Waals surface area (Å²) in [5.41, 5.74) is 1.72. The average molecular weight is 734 g/mol. The van der Waals surface area contributed by atoms with Crippen LogP contribution in [0.4, 0.5) is 0 Å². The number of hydrogen-bond acceptors (Lipinski definition) is 5. The van der Waals surface area contributed by atoms with E-state index in [0.717, 1.165) is 61.5 Å². The van der Waals surface area contributed by atoms with Crippen LogP contribution in [0.5, 0.6) is 0 Å². The number of carbonyl (C=O) groups excluding carboxylic acids is 3. The van der Waals surface area contributed by atoms with Gasteiger partial charge in [-0.15, -0.1) is 0 Å². The molecule has 298 valence electrons. The van der Waals surface area contributed by atoms with Gasteiger partial charge in [-0.3, -0.25) is 14.4 Å². The molecule has 0 fully saturated rings. The SMILES string of the molecule is CC(C)CCCCCCCCCCCC(=O)OC(CCCCCCCCCCCC(C)C)CC(=O)NCC(=O)OC(c1ccccc1)c1ccccc1. The molecular formula is C47H75NO5. The first-order valence-corrected chi connectivity index (χ1v) is 21.5. The van der Waals surface area contributed by atoms with Gasteiger partial charge in [0.25, 0.3) is 0 Å². The molecule has 2 rings (SSSR count). The minimum absolute atomic E-state index is 0.0490. The van der Waals surface area contributed by atoms with Crippen molar-refractivity contribution in [2.75, 3.05) is 6.54 Å². The summed E-state index contributed by atoms with van der Waals surface area (Å²) >= 11 is 0. The largest absolute Gasteiger partial charge is 0.462 e. The summed E-state index contributed by atoms with van der Waals surface area (Å²) in [5.74, 6) is 0.552. The highest BCUT2D eigenvalue weighted by Crippen LogP contribution is 2.26. The van der Waals surface area contributed by atoms with Gasteiger partial charge in [-0.1, -0.05) is 204 Å². The molecule has 0 spiro atoms. The molecule has 0 saturated carbocycles. The Morgan fingerprint density at radius 3 is 1.32 bits per heavy atom. The van der Waals surface area contributed by atoms with E-state index in [0.29, 0.717) is 12.8 Å². The van der Waals surface area contributed by atoms with E-state index in [4.69, 9.17) is 9.47 Å². The zero-order valence-corrected chi connectivity index (χ0v) is 34.1. The van der Waals surface area contributed by atoms with Crippen LogP contribution in [-0.4, -0.2) is 30.5 Å². The second kappa shape index (κ2) is 30.2. The fourth-order valence-electron chi connectivity index (χ4n) is 6.88. The summed E-state index contributed by atoms with van der Waals surface area (Å²) in [7, 11) is 0. The summed E-state index contributed by atoms with van der Waals surface area (Å²) in [6.45, 7) is 8.93. The standard InChI is InChI=1S/C47H75NO5/c1-39(2)29-21-15-11-7-5-9-13-17-27-35-43(52-45(50)36-28-18-14-10-6-8-12-16-22-30-40(3)4)37-44(49)48-38-46(51)53-47(41-31-23-19-24-32-41)42-33-25-20-26-34-42/h19-20,23-26,31-34,39-40,43,47H,5-18,21-22,27-30,35-38H2,1-4H3,(H,48,49). The highest BCUT2D eigenvalue weighted by molar-refractivity contribution is 5.82. The molecule has 53 heavy (non-hydrogen) atoms. The highest BCUT2D eigenvalue weighted by atomic mass is 16.5. The van der Waals surface area contributed by atoms with Crippen molar-refractivity contribution in [1.29, 1.82) is 0 Å². The van der Waals surface area contributed by atoms with E-state index in [1.807, 2.05) is 60.7 Å². The van der Waals surface area contributed by atoms with E-state index in [2.05, 4.69) is 33.0 Å². The molecule has 0 bridgehead atoms. The third-order valence-corrected chi connectivity index (χ3v) is 10.1. The van der Waals surface area contributed by atoms with E-state index < -0.39 is 18.2 Å². The van der Waals surface area contributed by atoms with Crippen LogP contribution in [-0.2, 0) is 23.9 Å². The van der Waals surface area contributed by atoms with Crippen molar-refractivity contribution in [2.24, 2.45) is 11.8 Å². The second-order valence-electron chi connectivity index (χ2n) is 16.1. The predicted octanol–water partition coefficient (Wildman–Crippen LogP) is 12.6. The minimum Gasteiger partial charge on any atom is -0.462 e. The Morgan fingerprint density at radius 2 is 0.887 bits per heavy atom. The van der Waals surface area contributed by atoms with E-state index in [1.54, 1.807) is 0 Å². The first-order chi connectivity index (χ1) is 25.7. The molecule has 6 nitrogen and oxygen atoms in total. The normalized spacial score (nSPS) is 12.0. The van der Waals surface area contributed by atoms with E-state index in [-0.39, 0.29) is 24.8 Å². The quantitative estimate of drug-likeness (QED) is 0.0598. The van der Waals surface area contributed by atoms with Crippen LogP contribution >= 0.6 is 0 Å². The predicted molar refractivity (Wildman–Crippen MR) is 220 cm³/mol. The van der Waals surface area contributed by atoms with Gasteiger partial charge < -0.3 is 14.8 Å². The fraction of sp³-hybridized carbons (Fsp3) is 0.681. The summed E-state index contributed by atoms with van der Waals surface area (Å²) in [4.78, 5) is 38.9. The second-order valence-corrected chi connectivity index (χ2v) is 16.1. The summed E-state index contributed by atoms with van der Waals surface area (Å²) in [6, 6.07) is 19.2. The van der Waals surface area contributed by atoms with Crippen LogP contribution in [0.25, 0.3) is 0 Å². The lowest BCUT2D eigenvalue weighted by molar-refractivity contribution is -0.152. The van der Waals surface area contributed by atoms with Gasteiger partial charge in [0.1, 0.15) is 12.6 Å². The van der Waals surface area contributed by atoms with E-state index in [1.165, 1.54) is 89.9 Å². The van der Waals surface area contributed by atoms with Gasteiger partial charge in [0.15, 0.2) is 6.10 Å². The molecule has 6 heteroatoms. The maximum absolute atomic E-state index is 13.0. The van der Waals surface area contributed by atoms with Crippen LogP contribution in [0, 0.1) is 11.8 Å². The maximum Gasteiger partial charge on any atom is 0.326 e. The van der Waals surface area contributed by atoms with Crippen molar-refractivity contribution < 1.29 is 23.9 Å². The molecule has 0 heterocycles. The molecular weight excluding hydrogens is 659 g/mol. The topological polar surface area (TPSA) is 81.7 Å². The number of unbranched alkanes of at least 4 members (excludes halogenated alkanes) is 16. The third kappa shape index (κ3) is 24.7. The van der Waals surface area contributed by atoms with Crippen LogP contribution in [0.3, 0.4) is 0 Å². The summed E-state index contributed by atoms with van der Waals surface area (Å²) in [6.07, 6.45) is 24.4. The van der Waals surface area contributed by atoms with E-state index in [9.17, 15) is 14.4 Å². The molecule has 2 aromatic carbocycles. The molecule has 0 aliphatic carbocycles.